The molecule has 3 atom stereocenters. The fourth-order valence-corrected chi connectivity index (χ4v) is 3.48. The third kappa shape index (κ3) is 2.27. The molecule has 0 spiro atoms. The van der Waals surface area contributed by atoms with E-state index >= 15 is 0 Å². The number of methoxy groups -OCH3 is 1. The van der Waals surface area contributed by atoms with Crippen molar-refractivity contribution in [2.24, 2.45) is 0 Å². The summed E-state index contributed by atoms with van der Waals surface area (Å²) in [5.41, 5.74) is 0. The van der Waals surface area contributed by atoms with E-state index in [4.69, 9.17) is 4.74 Å². The van der Waals surface area contributed by atoms with Crippen LogP contribution in [0.2, 0.25) is 0 Å². The van der Waals surface area contributed by atoms with Crippen LogP contribution in [0.5, 0.6) is 0 Å². The highest BCUT2D eigenvalue weighted by molar-refractivity contribution is 5.82. The van der Waals surface area contributed by atoms with E-state index in [-0.39, 0.29) is 18.1 Å². The fourth-order valence-electron chi connectivity index (χ4n) is 3.48. The molecule has 0 radical (unpaired) electrons. The number of hydrogen-bond donors (Lipinski definition) is 1. The predicted molar refractivity (Wildman–Crippen MR) is 68.4 cm³/mol. The van der Waals surface area contributed by atoms with Gasteiger partial charge in [0.2, 0.25) is 5.91 Å². The smallest absolute Gasteiger partial charge is 0.239 e. The van der Waals surface area contributed by atoms with E-state index in [1.165, 1.54) is 19.4 Å². The summed E-state index contributed by atoms with van der Waals surface area (Å²) in [5.74, 6) is 0.279. The first-order chi connectivity index (χ1) is 8.78. The van der Waals surface area contributed by atoms with Gasteiger partial charge in [-0.05, 0) is 25.8 Å². The molecule has 3 saturated heterocycles. The van der Waals surface area contributed by atoms with Crippen LogP contribution in [0.3, 0.4) is 0 Å². The summed E-state index contributed by atoms with van der Waals surface area (Å²) in [6.07, 6.45) is 3.56. The Morgan fingerprint density at radius 2 is 2.22 bits per heavy atom. The summed E-state index contributed by atoms with van der Waals surface area (Å²) in [4.78, 5) is 17.0. The van der Waals surface area contributed by atoms with Gasteiger partial charge in [0.1, 0.15) is 0 Å². The second-order valence-corrected chi connectivity index (χ2v) is 5.67. The van der Waals surface area contributed by atoms with Gasteiger partial charge < -0.3 is 15.0 Å². The van der Waals surface area contributed by atoms with Crippen LogP contribution in [0.15, 0.2) is 0 Å². The van der Waals surface area contributed by atoms with Crippen molar-refractivity contribution in [3.63, 3.8) is 0 Å². The second-order valence-electron chi connectivity index (χ2n) is 5.67. The predicted octanol–water partition coefficient (Wildman–Crippen LogP) is -0.330. The minimum atomic E-state index is -0.0251. The largest absolute Gasteiger partial charge is 0.380 e. The summed E-state index contributed by atoms with van der Waals surface area (Å²) in [5, 5.41) is 3.28. The molecule has 0 aliphatic carbocycles. The third-order valence-corrected chi connectivity index (χ3v) is 4.62. The lowest BCUT2D eigenvalue weighted by atomic mass is 10.1. The first-order valence-corrected chi connectivity index (χ1v) is 7.07. The van der Waals surface area contributed by atoms with Crippen LogP contribution in [-0.2, 0) is 9.53 Å². The molecule has 3 fully saturated rings. The number of rotatable bonds is 2. The Hall–Kier alpha value is -0.650. The van der Waals surface area contributed by atoms with Gasteiger partial charge in [0.05, 0.1) is 12.1 Å². The molecule has 3 unspecified atom stereocenters. The molecular formula is C13H23N3O2. The fraction of sp³-hybridized carbons (Fsp3) is 0.923. The molecular weight excluding hydrogens is 230 g/mol. The number of ether oxygens (including phenoxy) is 1. The van der Waals surface area contributed by atoms with Crippen LogP contribution in [0, 0.1) is 0 Å². The van der Waals surface area contributed by atoms with Gasteiger partial charge in [-0.15, -0.1) is 0 Å². The number of hydrogen-bond acceptors (Lipinski definition) is 4. The maximum absolute atomic E-state index is 12.4. The van der Waals surface area contributed by atoms with Gasteiger partial charge in [-0.25, -0.2) is 0 Å². The highest BCUT2D eigenvalue weighted by atomic mass is 16.5. The van der Waals surface area contributed by atoms with E-state index in [0.29, 0.717) is 6.04 Å². The summed E-state index contributed by atoms with van der Waals surface area (Å²) >= 11 is 0. The van der Waals surface area contributed by atoms with Gasteiger partial charge >= 0.3 is 0 Å². The Kier molecular flexibility index (Phi) is 3.54. The number of nitrogens with one attached hydrogen (secondary N) is 1. The topological polar surface area (TPSA) is 44.8 Å². The van der Waals surface area contributed by atoms with Crippen molar-refractivity contribution in [1.82, 2.24) is 15.1 Å². The van der Waals surface area contributed by atoms with E-state index in [1.54, 1.807) is 7.11 Å². The number of nitrogens with zero attached hydrogens (tertiary/aromatic N) is 2. The minimum Gasteiger partial charge on any atom is -0.380 e. The molecule has 18 heavy (non-hydrogen) atoms. The van der Waals surface area contributed by atoms with Gasteiger partial charge in [0, 0.05) is 39.3 Å². The lowest BCUT2D eigenvalue weighted by molar-refractivity contribution is -0.135. The van der Waals surface area contributed by atoms with Crippen molar-refractivity contribution in [3.8, 4) is 0 Å². The average molecular weight is 253 g/mol. The Morgan fingerprint density at radius 3 is 3.00 bits per heavy atom. The standard InChI is InChI=1S/C13H23N3O2/c1-18-11-7-12(14-8-11)13(17)16-6-5-15-4-2-3-10(15)9-16/h10-12,14H,2-9H2,1H3. The van der Waals surface area contributed by atoms with E-state index < -0.39 is 0 Å². The van der Waals surface area contributed by atoms with E-state index in [0.717, 1.165) is 32.6 Å². The Bertz CT molecular complexity index is 323. The molecule has 3 rings (SSSR count). The zero-order valence-corrected chi connectivity index (χ0v) is 11.1. The monoisotopic (exact) mass is 253 g/mol. The van der Waals surface area contributed by atoms with Gasteiger partial charge in [-0.1, -0.05) is 0 Å². The summed E-state index contributed by atoms with van der Waals surface area (Å²) < 4.78 is 5.31. The molecule has 0 bridgehead atoms. The van der Waals surface area contributed by atoms with E-state index in [1.807, 2.05) is 0 Å². The number of piperazine rings is 1. The van der Waals surface area contributed by atoms with Crippen molar-refractivity contribution in [2.45, 2.75) is 37.5 Å². The van der Waals surface area contributed by atoms with E-state index in [9.17, 15) is 4.79 Å². The molecule has 5 nitrogen and oxygen atoms in total. The number of amides is 1. The Morgan fingerprint density at radius 1 is 1.33 bits per heavy atom. The third-order valence-electron chi connectivity index (χ3n) is 4.62. The summed E-state index contributed by atoms with van der Waals surface area (Å²) in [6.45, 7) is 4.90. The second kappa shape index (κ2) is 5.15. The SMILES string of the molecule is COC1CNC(C(=O)N2CCN3CCCC3C2)C1. The molecule has 0 aromatic carbocycles. The van der Waals surface area contributed by atoms with E-state index in [2.05, 4.69) is 15.1 Å². The Labute approximate surface area is 108 Å². The normalized spacial score (nSPS) is 36.9. The molecule has 0 saturated carbocycles. The van der Waals surface area contributed by atoms with Gasteiger partial charge in [-0.3, -0.25) is 9.69 Å². The number of carbonyl (C=O) groups is 1. The van der Waals surface area contributed by atoms with Crippen molar-refractivity contribution < 1.29 is 9.53 Å². The maximum Gasteiger partial charge on any atom is 0.239 e. The number of carbonyl (C=O) groups excluding carboxylic acids is 1. The quantitative estimate of drug-likeness (QED) is 0.732. The number of fused-ring (bicyclic) bond motifs is 1. The maximum atomic E-state index is 12.4. The average Bonchev–Trinajstić information content (AvgIpc) is 3.05. The summed E-state index contributed by atoms with van der Waals surface area (Å²) in [6, 6.07) is 0.588. The first kappa shape index (κ1) is 12.4. The van der Waals surface area contributed by atoms with Gasteiger partial charge in [0.15, 0.2) is 0 Å². The highest BCUT2D eigenvalue weighted by Crippen LogP contribution is 2.22. The van der Waals surface area contributed by atoms with Crippen LogP contribution in [-0.4, -0.2) is 73.7 Å². The molecule has 5 heteroatoms. The van der Waals surface area contributed by atoms with Gasteiger partial charge in [-0.2, -0.15) is 0 Å². The molecule has 3 heterocycles. The van der Waals surface area contributed by atoms with Gasteiger partial charge in [0.25, 0.3) is 0 Å². The summed E-state index contributed by atoms with van der Waals surface area (Å²) in [7, 11) is 1.72. The highest BCUT2D eigenvalue weighted by Gasteiger charge is 2.37. The van der Waals surface area contributed by atoms with Crippen LogP contribution in [0.1, 0.15) is 19.3 Å². The van der Waals surface area contributed by atoms with Crippen molar-refractivity contribution in [1.29, 1.82) is 0 Å². The van der Waals surface area contributed by atoms with Crippen LogP contribution >= 0.6 is 0 Å². The minimum absolute atomic E-state index is 0.0251. The zero-order valence-electron chi connectivity index (χ0n) is 11.1. The molecule has 1 N–H and O–H groups in total. The molecule has 1 amide bonds. The molecule has 3 aliphatic rings. The van der Waals surface area contributed by atoms with Crippen molar-refractivity contribution in [2.75, 3.05) is 39.8 Å². The molecule has 0 aromatic heterocycles. The van der Waals surface area contributed by atoms with Crippen LogP contribution in [0.4, 0.5) is 0 Å². The molecule has 0 aromatic rings. The van der Waals surface area contributed by atoms with Crippen molar-refractivity contribution in [3.05, 3.63) is 0 Å². The van der Waals surface area contributed by atoms with Crippen LogP contribution < -0.4 is 5.32 Å². The lowest BCUT2D eigenvalue weighted by Gasteiger charge is -2.38. The van der Waals surface area contributed by atoms with Crippen molar-refractivity contribution >= 4 is 5.91 Å². The molecule has 102 valence electrons. The molecule has 3 aliphatic heterocycles. The zero-order chi connectivity index (χ0) is 12.5. The van der Waals surface area contributed by atoms with Crippen LogP contribution in [0.25, 0.3) is 0 Å². The first-order valence-electron chi connectivity index (χ1n) is 7.07. The Balaban J connectivity index is 1.56. The lowest BCUT2D eigenvalue weighted by Crippen LogP contribution is -2.55.